The smallest absolute Gasteiger partial charge is 0.326 e. The molecule has 0 aliphatic carbocycles. The molecule has 0 saturated carbocycles. The van der Waals surface area contributed by atoms with Gasteiger partial charge in [-0.3, -0.25) is 38.4 Å². The van der Waals surface area contributed by atoms with Crippen LogP contribution in [0.4, 0.5) is 0 Å². The van der Waals surface area contributed by atoms with Crippen molar-refractivity contribution in [1.29, 1.82) is 0 Å². The Kier molecular flexibility index (Phi) is 23.0. The third-order valence-corrected chi connectivity index (χ3v) is 10.7. The fourth-order valence-corrected chi connectivity index (χ4v) is 7.26. The average Bonchev–Trinajstić information content (AvgIpc) is 3.80. The number of carboxylic acids is 2. The number of phenolic OH excluding ortho intramolecular Hbond substituents is 1. The summed E-state index contributed by atoms with van der Waals surface area (Å²) in [5, 5.41) is 46.6. The lowest BCUT2D eigenvalue weighted by Crippen LogP contribution is -2.60. The summed E-state index contributed by atoms with van der Waals surface area (Å²) in [4.78, 5) is 126. The normalized spacial score (nSPS) is 14.2. The average molecular weight is 977 g/mol. The highest BCUT2D eigenvalue weighted by molar-refractivity contribution is 5.97. The molecule has 1 aromatic heterocycles. The topological polar surface area (TPSA) is 353 Å². The number of aromatic hydroxyl groups is 1. The van der Waals surface area contributed by atoms with Crippen LogP contribution in [-0.4, -0.2) is 127 Å². The van der Waals surface area contributed by atoms with Crippen LogP contribution in [0.2, 0.25) is 0 Å². The SMILES string of the molecule is CC(C)C[C@H](NC(=O)[C@H](CC(=O)O)NC(=O)CNC(=O)[C@H](Cc1ccc(O)cc1)NC(=O)[C@H](Cc1cnc[nH]1)NC(=O)[C@H](CC(C)C)NC(=O)[C@H](Cc1ccccc1)NC(=O)[C@@H](N)CC(C)C)C(=O)O. The van der Waals surface area contributed by atoms with E-state index >= 15 is 0 Å². The zero-order valence-corrected chi connectivity index (χ0v) is 40.3. The second-order valence-corrected chi connectivity index (χ2v) is 18.4. The minimum absolute atomic E-state index is 0.0196. The summed E-state index contributed by atoms with van der Waals surface area (Å²) in [5.74, 6) is -9.03. The molecule has 382 valence electrons. The molecule has 1 heterocycles. The minimum Gasteiger partial charge on any atom is -0.508 e. The molecule has 0 saturated heterocycles. The molecule has 13 N–H and O–H groups in total. The van der Waals surface area contributed by atoms with Crippen LogP contribution < -0.4 is 43.0 Å². The summed E-state index contributed by atoms with van der Waals surface area (Å²) in [7, 11) is 0. The Balaban J connectivity index is 1.88. The fourth-order valence-electron chi connectivity index (χ4n) is 7.26. The van der Waals surface area contributed by atoms with Crippen molar-refractivity contribution in [3.8, 4) is 5.75 Å². The van der Waals surface area contributed by atoms with Crippen LogP contribution in [0.3, 0.4) is 0 Å². The number of nitrogens with one attached hydrogen (secondary N) is 8. The van der Waals surface area contributed by atoms with Gasteiger partial charge in [0, 0.05) is 31.2 Å². The number of carbonyl (C=O) groups excluding carboxylic acids is 7. The van der Waals surface area contributed by atoms with E-state index < -0.39 is 109 Å². The summed E-state index contributed by atoms with van der Waals surface area (Å²) < 4.78 is 0. The molecule has 0 aliphatic rings. The van der Waals surface area contributed by atoms with E-state index in [-0.39, 0.29) is 55.6 Å². The van der Waals surface area contributed by atoms with E-state index in [2.05, 4.69) is 47.2 Å². The van der Waals surface area contributed by atoms with E-state index in [0.717, 1.165) is 5.56 Å². The van der Waals surface area contributed by atoms with Gasteiger partial charge in [0.05, 0.1) is 25.3 Å². The minimum atomic E-state index is -1.72. The van der Waals surface area contributed by atoms with Gasteiger partial charge >= 0.3 is 11.9 Å². The number of aromatic nitrogens is 2. The number of nitrogens with two attached hydrogens (primary N) is 1. The number of imidazole rings is 1. The van der Waals surface area contributed by atoms with Gasteiger partial charge in [-0.2, -0.15) is 0 Å². The lowest BCUT2D eigenvalue weighted by molar-refractivity contribution is -0.144. The molecule has 0 radical (unpaired) electrons. The van der Waals surface area contributed by atoms with Crippen molar-refractivity contribution in [2.45, 2.75) is 129 Å². The van der Waals surface area contributed by atoms with Gasteiger partial charge in [0.15, 0.2) is 0 Å². The molecule has 0 aliphatic heterocycles. The summed E-state index contributed by atoms with van der Waals surface area (Å²) in [6, 6.07) is 5.40. The number of aromatic amines is 1. The number of benzene rings is 2. The third-order valence-electron chi connectivity index (χ3n) is 10.7. The first kappa shape index (κ1) is 57.0. The van der Waals surface area contributed by atoms with E-state index in [9.17, 15) is 58.5 Å². The van der Waals surface area contributed by atoms with Crippen molar-refractivity contribution in [2.75, 3.05) is 6.54 Å². The van der Waals surface area contributed by atoms with E-state index in [1.807, 2.05) is 27.7 Å². The van der Waals surface area contributed by atoms with Crippen LogP contribution in [0.1, 0.15) is 84.0 Å². The van der Waals surface area contributed by atoms with Crippen molar-refractivity contribution in [3.05, 3.63) is 83.9 Å². The molecule has 22 nitrogen and oxygen atoms in total. The molecule has 7 amide bonds. The Bertz CT molecular complexity index is 2220. The van der Waals surface area contributed by atoms with E-state index in [1.165, 1.54) is 36.8 Å². The van der Waals surface area contributed by atoms with Crippen LogP contribution in [-0.2, 0) is 62.4 Å². The first-order valence-electron chi connectivity index (χ1n) is 23.1. The number of phenols is 1. The lowest BCUT2D eigenvalue weighted by atomic mass is 9.99. The molecule has 22 heteroatoms. The van der Waals surface area contributed by atoms with Gasteiger partial charge in [-0.25, -0.2) is 9.78 Å². The lowest BCUT2D eigenvalue weighted by Gasteiger charge is -2.27. The maximum Gasteiger partial charge on any atom is 0.326 e. The van der Waals surface area contributed by atoms with Crippen LogP contribution >= 0.6 is 0 Å². The van der Waals surface area contributed by atoms with Crippen LogP contribution in [0.5, 0.6) is 5.75 Å². The van der Waals surface area contributed by atoms with Gasteiger partial charge < -0.3 is 63.3 Å². The number of nitrogens with zero attached hydrogens (tertiary/aromatic N) is 1. The Morgan fingerprint density at radius 3 is 1.56 bits per heavy atom. The van der Waals surface area contributed by atoms with Gasteiger partial charge in [0.2, 0.25) is 41.4 Å². The maximum atomic E-state index is 14.3. The van der Waals surface area contributed by atoms with Gasteiger partial charge in [-0.1, -0.05) is 84.0 Å². The molecule has 3 rings (SSSR count). The number of H-pyrrole nitrogens is 1. The first-order valence-corrected chi connectivity index (χ1v) is 23.1. The van der Waals surface area contributed by atoms with Crippen molar-refractivity contribution in [3.63, 3.8) is 0 Å². The molecular weight excluding hydrogens is 909 g/mol. The zero-order valence-electron chi connectivity index (χ0n) is 40.3. The van der Waals surface area contributed by atoms with Gasteiger partial charge in [0.25, 0.3) is 0 Å². The van der Waals surface area contributed by atoms with Gasteiger partial charge in [0.1, 0.15) is 42.0 Å². The number of carboxylic acid groups (broad SMARTS) is 2. The maximum absolute atomic E-state index is 14.3. The summed E-state index contributed by atoms with van der Waals surface area (Å²) >= 11 is 0. The number of amides is 7. The fraction of sp³-hybridized carbons (Fsp3) is 0.500. The van der Waals surface area contributed by atoms with Crippen LogP contribution in [0.15, 0.2) is 67.1 Å². The zero-order chi connectivity index (χ0) is 52.1. The molecule has 7 atom stereocenters. The number of rotatable bonds is 29. The van der Waals surface area contributed by atoms with Crippen molar-refractivity contribution < 1.29 is 58.5 Å². The molecule has 0 fully saturated rings. The van der Waals surface area contributed by atoms with Crippen molar-refractivity contribution >= 4 is 53.3 Å². The van der Waals surface area contributed by atoms with Crippen LogP contribution in [0, 0.1) is 17.8 Å². The second-order valence-electron chi connectivity index (χ2n) is 18.4. The predicted molar refractivity (Wildman–Crippen MR) is 255 cm³/mol. The number of hydrogen-bond donors (Lipinski definition) is 12. The van der Waals surface area contributed by atoms with E-state index in [4.69, 9.17) is 5.73 Å². The first-order chi connectivity index (χ1) is 33.0. The summed E-state index contributed by atoms with van der Waals surface area (Å²) in [6.07, 6.45) is 2.04. The highest BCUT2D eigenvalue weighted by Crippen LogP contribution is 2.14. The molecule has 3 aromatic rings. The molecule has 0 unspecified atom stereocenters. The Hall–Kier alpha value is -7.36. The van der Waals surface area contributed by atoms with Gasteiger partial charge in [-0.05, 0) is 60.3 Å². The third kappa shape index (κ3) is 20.5. The van der Waals surface area contributed by atoms with Crippen molar-refractivity contribution in [2.24, 2.45) is 23.5 Å². The highest BCUT2D eigenvalue weighted by atomic mass is 16.4. The quantitative estimate of drug-likeness (QED) is 0.0442. The van der Waals surface area contributed by atoms with Crippen LogP contribution in [0.25, 0.3) is 0 Å². The summed E-state index contributed by atoms with van der Waals surface area (Å²) in [5.41, 5.74) is 7.75. The second kappa shape index (κ2) is 28.2. The van der Waals surface area contributed by atoms with E-state index in [0.29, 0.717) is 17.7 Å². The molecule has 0 spiro atoms. The number of carbonyl (C=O) groups is 9. The molecule has 2 aromatic carbocycles. The number of aliphatic carboxylic acids is 2. The molecular formula is C48H68N10O12. The Morgan fingerprint density at radius 1 is 0.557 bits per heavy atom. The highest BCUT2D eigenvalue weighted by Gasteiger charge is 2.34. The largest absolute Gasteiger partial charge is 0.508 e. The number of hydrogen-bond acceptors (Lipinski definition) is 12. The molecule has 70 heavy (non-hydrogen) atoms. The Labute approximate surface area is 406 Å². The predicted octanol–water partition coefficient (Wildman–Crippen LogP) is 0.193. The van der Waals surface area contributed by atoms with E-state index in [1.54, 1.807) is 44.2 Å². The Morgan fingerprint density at radius 2 is 1.03 bits per heavy atom. The standard InChI is InChI=1S/C48H68N10O12/c1-26(2)16-33(49)42(63)54-36(19-29-10-8-7-9-11-29)45(66)55-34(17-27(3)4)44(65)57-37(21-31-23-50-25-52-31)46(67)56-35(20-30-12-14-32(59)15-13-30)43(64)51-24-40(60)53-38(22-41(61)62)47(68)58-39(48(69)70)18-28(5)6/h7-15,23,25-28,33-39,59H,16-22,24,49H2,1-6H3,(H,50,52)(H,51,64)(H,53,60)(H,54,63)(H,55,66)(H,56,67)(H,57,65)(H,58,68)(H,61,62)(H,69,70)/t33-,34-,35-,36-,37-,38-,39-/m0/s1. The monoisotopic (exact) mass is 977 g/mol. The van der Waals surface area contributed by atoms with Crippen molar-refractivity contribution in [1.82, 2.24) is 47.2 Å². The molecule has 0 bridgehead atoms. The summed E-state index contributed by atoms with van der Waals surface area (Å²) in [6.45, 7) is 10.1. The van der Waals surface area contributed by atoms with Gasteiger partial charge in [-0.15, -0.1) is 0 Å².